The number of nitrogens with zero attached hydrogens (tertiary/aromatic N) is 2. The zero-order chi connectivity index (χ0) is 15.2. The summed E-state index contributed by atoms with van der Waals surface area (Å²) in [5.74, 6) is 0.718. The molecule has 3 N–H and O–H groups in total. The largest absolute Gasteiger partial charge is 0.489 e. The summed E-state index contributed by atoms with van der Waals surface area (Å²) in [6.07, 6.45) is 2.43. The molecule has 1 heterocycles. The predicted molar refractivity (Wildman–Crippen MR) is 81.9 cm³/mol. The van der Waals surface area contributed by atoms with Crippen LogP contribution in [0.25, 0.3) is 0 Å². The normalized spacial score (nSPS) is 11.4. The van der Waals surface area contributed by atoms with Crippen molar-refractivity contribution >= 4 is 17.4 Å². The van der Waals surface area contributed by atoms with Crippen LogP contribution >= 0.6 is 11.6 Å². The van der Waals surface area contributed by atoms with Gasteiger partial charge in [-0.3, -0.25) is 4.98 Å². The molecule has 0 spiro atoms. The van der Waals surface area contributed by atoms with Crippen LogP contribution in [0.3, 0.4) is 0 Å². The van der Waals surface area contributed by atoms with Crippen molar-refractivity contribution in [2.45, 2.75) is 20.0 Å². The van der Waals surface area contributed by atoms with Crippen molar-refractivity contribution in [3.63, 3.8) is 0 Å². The molecule has 21 heavy (non-hydrogen) atoms. The first-order valence-electron chi connectivity index (χ1n) is 6.48. The molecule has 0 fully saturated rings. The number of oxime groups is 1. The summed E-state index contributed by atoms with van der Waals surface area (Å²) in [5, 5.41) is 12.3. The number of hydrogen-bond donors (Lipinski definition) is 2. The third-order valence-electron chi connectivity index (χ3n) is 3.00. The second kappa shape index (κ2) is 6.95. The molecule has 2 aromatic rings. The van der Waals surface area contributed by atoms with Gasteiger partial charge in [0.15, 0.2) is 5.84 Å². The highest BCUT2D eigenvalue weighted by Gasteiger charge is 2.04. The molecule has 1 aromatic carbocycles. The lowest BCUT2D eigenvalue weighted by Crippen LogP contribution is -2.15. The van der Waals surface area contributed by atoms with Gasteiger partial charge in [-0.25, -0.2) is 0 Å². The number of halogens is 1. The van der Waals surface area contributed by atoms with E-state index in [1.54, 1.807) is 12.3 Å². The van der Waals surface area contributed by atoms with Gasteiger partial charge in [0.1, 0.15) is 18.1 Å². The van der Waals surface area contributed by atoms with Crippen LogP contribution in [0.15, 0.2) is 41.7 Å². The maximum absolute atomic E-state index is 8.65. The topological polar surface area (TPSA) is 80.7 Å². The van der Waals surface area contributed by atoms with Crippen LogP contribution in [0.1, 0.15) is 23.7 Å². The Hall–Kier alpha value is -2.27. The molecule has 0 radical (unpaired) electrons. The molecule has 0 unspecified atom stereocenters. The summed E-state index contributed by atoms with van der Waals surface area (Å²) in [5.41, 5.74) is 7.83. The van der Waals surface area contributed by atoms with Gasteiger partial charge >= 0.3 is 0 Å². The van der Waals surface area contributed by atoms with Gasteiger partial charge in [-0.2, -0.15) is 0 Å². The Balaban J connectivity index is 2.09. The minimum absolute atomic E-state index is 0.0309. The van der Waals surface area contributed by atoms with Crippen molar-refractivity contribution in [3.8, 4) is 5.75 Å². The highest BCUT2D eigenvalue weighted by Crippen LogP contribution is 2.23. The number of hydrogen-bond acceptors (Lipinski definition) is 4. The van der Waals surface area contributed by atoms with Crippen molar-refractivity contribution in [1.29, 1.82) is 0 Å². The minimum atomic E-state index is -0.0309. The molecule has 110 valence electrons. The molecule has 2 rings (SSSR count). The maximum Gasteiger partial charge on any atom is 0.188 e. The quantitative estimate of drug-likeness (QED) is 0.385. The first-order chi connectivity index (χ1) is 10.1. The van der Waals surface area contributed by atoms with Crippen LogP contribution in [0, 0.1) is 0 Å². The molecule has 6 heteroatoms. The van der Waals surface area contributed by atoms with Gasteiger partial charge in [-0.15, -0.1) is 0 Å². The van der Waals surface area contributed by atoms with Crippen molar-refractivity contribution in [1.82, 2.24) is 4.98 Å². The zero-order valence-electron chi connectivity index (χ0n) is 11.6. The Morgan fingerprint density at radius 1 is 1.38 bits per heavy atom. The maximum atomic E-state index is 8.65. The van der Waals surface area contributed by atoms with E-state index in [2.05, 4.69) is 10.1 Å². The Labute approximate surface area is 128 Å². The number of rotatable bonds is 5. The van der Waals surface area contributed by atoms with Crippen LogP contribution in [0.5, 0.6) is 5.75 Å². The average molecular weight is 306 g/mol. The molecule has 0 aliphatic heterocycles. The van der Waals surface area contributed by atoms with Crippen molar-refractivity contribution in [2.75, 3.05) is 0 Å². The first-order valence-corrected chi connectivity index (χ1v) is 6.86. The summed E-state index contributed by atoms with van der Waals surface area (Å²) >= 11 is 6.07. The van der Waals surface area contributed by atoms with Crippen molar-refractivity contribution in [3.05, 3.63) is 58.4 Å². The molecule has 0 bridgehead atoms. The number of aromatic nitrogens is 1. The highest BCUT2D eigenvalue weighted by atomic mass is 35.5. The molecule has 0 atom stereocenters. The van der Waals surface area contributed by atoms with Gasteiger partial charge in [-0.1, -0.05) is 23.7 Å². The van der Waals surface area contributed by atoms with Crippen molar-refractivity contribution in [2.24, 2.45) is 10.9 Å². The van der Waals surface area contributed by atoms with Crippen molar-refractivity contribution < 1.29 is 9.94 Å². The van der Waals surface area contributed by atoms with Gasteiger partial charge in [0.25, 0.3) is 0 Å². The third kappa shape index (κ3) is 3.86. The lowest BCUT2D eigenvalue weighted by Gasteiger charge is -2.09. The molecule has 0 aliphatic rings. The van der Waals surface area contributed by atoms with Gasteiger partial charge in [0.2, 0.25) is 0 Å². The highest BCUT2D eigenvalue weighted by molar-refractivity contribution is 6.31. The Kier molecular flexibility index (Phi) is 5.00. The van der Waals surface area contributed by atoms with Crippen LogP contribution in [-0.2, 0) is 13.0 Å². The fraction of sp³-hybridized carbons (Fsp3) is 0.200. The molecule has 0 aliphatic carbocycles. The van der Waals surface area contributed by atoms with E-state index in [1.165, 1.54) is 0 Å². The van der Waals surface area contributed by atoms with E-state index in [4.69, 9.17) is 27.3 Å². The van der Waals surface area contributed by atoms with Gasteiger partial charge in [0.05, 0.1) is 0 Å². The zero-order valence-corrected chi connectivity index (χ0v) is 12.3. The van der Waals surface area contributed by atoms with E-state index < -0.39 is 0 Å². The van der Waals surface area contributed by atoms with Crippen LogP contribution in [-0.4, -0.2) is 16.0 Å². The summed E-state index contributed by atoms with van der Waals surface area (Å²) in [6, 6.07) is 9.10. The molecule has 0 saturated carbocycles. The summed E-state index contributed by atoms with van der Waals surface area (Å²) < 4.78 is 5.73. The monoisotopic (exact) mass is 305 g/mol. The third-order valence-corrected chi connectivity index (χ3v) is 3.37. The summed E-state index contributed by atoms with van der Waals surface area (Å²) in [4.78, 5) is 4.02. The fourth-order valence-electron chi connectivity index (χ4n) is 1.83. The van der Waals surface area contributed by atoms with E-state index >= 15 is 0 Å². The number of benzene rings is 1. The molecular formula is C15H16ClN3O2. The van der Waals surface area contributed by atoms with Gasteiger partial charge in [-0.05, 0) is 47.9 Å². The van der Waals surface area contributed by atoms with Gasteiger partial charge in [0, 0.05) is 11.2 Å². The summed E-state index contributed by atoms with van der Waals surface area (Å²) in [6.45, 7) is 2.40. The number of amidine groups is 1. The second-order valence-corrected chi connectivity index (χ2v) is 4.84. The van der Waals surface area contributed by atoms with E-state index in [9.17, 15) is 0 Å². The SMILES string of the molecule is CCc1cc(OCc2ccnc(C(N)=NO)c2)ccc1Cl. The molecule has 1 aromatic heterocycles. The van der Waals surface area contributed by atoms with E-state index in [0.717, 1.165) is 28.3 Å². The smallest absolute Gasteiger partial charge is 0.188 e. The van der Waals surface area contributed by atoms with E-state index in [0.29, 0.717) is 12.3 Å². The predicted octanol–water partition coefficient (Wildman–Crippen LogP) is 2.97. The van der Waals surface area contributed by atoms with Crippen LogP contribution < -0.4 is 10.5 Å². The molecule has 0 saturated heterocycles. The van der Waals surface area contributed by atoms with Crippen LogP contribution in [0.2, 0.25) is 5.02 Å². The number of ether oxygens (including phenoxy) is 1. The molecular weight excluding hydrogens is 290 g/mol. The van der Waals surface area contributed by atoms with E-state index in [-0.39, 0.29) is 5.84 Å². The standard InChI is InChI=1S/C15H16ClN3O2/c1-2-11-8-12(3-4-13(11)16)21-9-10-5-6-18-14(7-10)15(17)19-20/h3-8,20H,2,9H2,1H3,(H2,17,19). The minimum Gasteiger partial charge on any atom is -0.489 e. The van der Waals surface area contributed by atoms with Crippen LogP contribution in [0.4, 0.5) is 0 Å². The molecule has 5 nitrogen and oxygen atoms in total. The molecule has 0 amide bonds. The lowest BCUT2D eigenvalue weighted by molar-refractivity contribution is 0.305. The first kappa shape index (κ1) is 15.1. The Bertz CT molecular complexity index is 659. The Morgan fingerprint density at radius 3 is 2.90 bits per heavy atom. The average Bonchev–Trinajstić information content (AvgIpc) is 2.53. The summed E-state index contributed by atoms with van der Waals surface area (Å²) in [7, 11) is 0. The second-order valence-electron chi connectivity index (χ2n) is 4.43. The van der Waals surface area contributed by atoms with Gasteiger partial charge < -0.3 is 15.7 Å². The number of pyridine rings is 1. The fourth-order valence-corrected chi connectivity index (χ4v) is 2.09. The number of aryl methyl sites for hydroxylation is 1. The lowest BCUT2D eigenvalue weighted by atomic mass is 10.1. The Morgan fingerprint density at radius 2 is 2.19 bits per heavy atom. The van der Waals surface area contributed by atoms with E-state index in [1.807, 2.05) is 31.2 Å². The number of nitrogens with two attached hydrogens (primary N) is 1.